The molecule has 2 amide bonds. The molecule has 0 aliphatic rings. The van der Waals surface area contributed by atoms with Crippen molar-refractivity contribution in [2.24, 2.45) is 0 Å². The Balaban J connectivity index is 1.63. The van der Waals surface area contributed by atoms with Gasteiger partial charge in [0.05, 0.1) is 25.2 Å². The van der Waals surface area contributed by atoms with Gasteiger partial charge in [0.1, 0.15) is 0 Å². The van der Waals surface area contributed by atoms with E-state index in [1.165, 1.54) is 24.1 Å². The summed E-state index contributed by atoms with van der Waals surface area (Å²) in [5.74, 6) is -0.0383. The van der Waals surface area contributed by atoms with Crippen LogP contribution in [0.2, 0.25) is 0 Å². The molecule has 0 saturated heterocycles. The Bertz CT molecular complexity index is 971. The van der Waals surface area contributed by atoms with Crippen LogP contribution in [-0.2, 0) is 16.1 Å². The second-order valence-electron chi connectivity index (χ2n) is 6.09. The smallest absolute Gasteiger partial charge is 0.305 e. The van der Waals surface area contributed by atoms with Gasteiger partial charge in [0.25, 0.3) is 0 Å². The molecule has 0 atom stereocenters. The first kappa shape index (κ1) is 20.6. The van der Waals surface area contributed by atoms with Crippen molar-refractivity contribution < 1.29 is 18.7 Å². The van der Waals surface area contributed by atoms with Crippen molar-refractivity contribution in [1.82, 2.24) is 25.6 Å². The van der Waals surface area contributed by atoms with Crippen molar-refractivity contribution in [3.8, 4) is 11.4 Å². The zero-order valence-electron chi connectivity index (χ0n) is 16.0. The number of hydrazine groups is 1. The molecule has 10 heteroatoms. The third-order valence-electron chi connectivity index (χ3n) is 3.90. The number of rotatable bonds is 8. The number of furan rings is 1. The molecule has 3 aromatic rings. The summed E-state index contributed by atoms with van der Waals surface area (Å²) in [7, 11) is 1.62. The highest BCUT2D eigenvalue weighted by atomic mass is 32.2. The van der Waals surface area contributed by atoms with Crippen LogP contribution < -0.4 is 10.9 Å². The third-order valence-corrected chi connectivity index (χ3v) is 4.87. The van der Waals surface area contributed by atoms with Gasteiger partial charge in [0.15, 0.2) is 16.7 Å². The standard InChI is InChI=1S/C19H21N5O4S/c1-13-5-3-6-14(11-13)17-21-23-19(24(17)8-10-27-2)29-12-16(25)20-22-18(26)15-7-4-9-28-15/h3-7,9,11H,8,10,12H2,1-2H3,(H,20,25)(H,22,26). The molecule has 29 heavy (non-hydrogen) atoms. The van der Waals surface area contributed by atoms with Crippen molar-refractivity contribution in [2.75, 3.05) is 19.5 Å². The lowest BCUT2D eigenvalue weighted by Gasteiger charge is -2.10. The molecule has 1 aromatic carbocycles. The third kappa shape index (κ3) is 5.46. The molecule has 0 radical (unpaired) electrons. The maximum atomic E-state index is 12.1. The number of hydrogen-bond donors (Lipinski definition) is 2. The van der Waals surface area contributed by atoms with Gasteiger partial charge in [-0.2, -0.15) is 0 Å². The fourth-order valence-electron chi connectivity index (χ4n) is 2.54. The van der Waals surface area contributed by atoms with E-state index in [2.05, 4.69) is 21.0 Å². The van der Waals surface area contributed by atoms with Gasteiger partial charge >= 0.3 is 5.91 Å². The fourth-order valence-corrected chi connectivity index (χ4v) is 3.30. The summed E-state index contributed by atoms with van der Waals surface area (Å²) in [5, 5.41) is 9.10. The van der Waals surface area contributed by atoms with Crippen LogP contribution >= 0.6 is 11.8 Å². The van der Waals surface area contributed by atoms with E-state index in [4.69, 9.17) is 9.15 Å². The number of hydrogen-bond acceptors (Lipinski definition) is 7. The summed E-state index contributed by atoms with van der Waals surface area (Å²) < 4.78 is 12.1. The first-order chi connectivity index (χ1) is 14.1. The molecular formula is C19H21N5O4S. The Hall–Kier alpha value is -3.11. The number of aryl methyl sites for hydroxylation is 1. The normalized spacial score (nSPS) is 10.7. The molecule has 2 aromatic heterocycles. The number of thioether (sulfide) groups is 1. The van der Waals surface area contributed by atoms with Crippen LogP contribution in [0.5, 0.6) is 0 Å². The molecule has 9 nitrogen and oxygen atoms in total. The molecule has 0 fully saturated rings. The molecule has 3 rings (SSSR count). The number of benzene rings is 1. The van der Waals surface area contributed by atoms with E-state index in [0.717, 1.165) is 11.1 Å². The monoisotopic (exact) mass is 415 g/mol. The summed E-state index contributed by atoms with van der Waals surface area (Å²) in [6.07, 6.45) is 1.38. The van der Waals surface area contributed by atoms with E-state index < -0.39 is 5.91 Å². The number of carbonyl (C=O) groups excluding carboxylic acids is 2. The lowest BCUT2D eigenvalue weighted by atomic mass is 10.1. The lowest BCUT2D eigenvalue weighted by Crippen LogP contribution is -2.42. The van der Waals surface area contributed by atoms with Crippen LogP contribution in [-0.4, -0.2) is 46.0 Å². The Morgan fingerprint density at radius 3 is 2.79 bits per heavy atom. The van der Waals surface area contributed by atoms with Crippen molar-refractivity contribution in [3.05, 3.63) is 54.0 Å². The summed E-state index contributed by atoms with van der Waals surface area (Å²) in [4.78, 5) is 23.9. The van der Waals surface area contributed by atoms with Gasteiger partial charge < -0.3 is 9.15 Å². The number of amides is 2. The predicted molar refractivity (Wildman–Crippen MR) is 107 cm³/mol. The van der Waals surface area contributed by atoms with Gasteiger partial charge in [-0.15, -0.1) is 10.2 Å². The Morgan fingerprint density at radius 2 is 2.07 bits per heavy atom. The SMILES string of the molecule is COCCn1c(SCC(=O)NNC(=O)c2ccco2)nnc1-c1cccc(C)c1. The van der Waals surface area contributed by atoms with Gasteiger partial charge in [-0.05, 0) is 25.1 Å². The highest BCUT2D eigenvalue weighted by Crippen LogP contribution is 2.24. The van der Waals surface area contributed by atoms with Crippen LogP contribution in [0.15, 0.2) is 52.2 Å². The number of methoxy groups -OCH3 is 1. The molecule has 2 N–H and O–H groups in total. The molecule has 152 valence electrons. The molecule has 0 aliphatic carbocycles. The topological polar surface area (TPSA) is 111 Å². The van der Waals surface area contributed by atoms with Crippen molar-refractivity contribution in [3.63, 3.8) is 0 Å². The molecular weight excluding hydrogens is 394 g/mol. The van der Waals surface area contributed by atoms with E-state index in [-0.39, 0.29) is 17.4 Å². The maximum Gasteiger partial charge on any atom is 0.305 e. The Kier molecular flexibility index (Phi) is 7.04. The second kappa shape index (κ2) is 9.89. The van der Waals surface area contributed by atoms with Crippen LogP contribution in [0, 0.1) is 6.92 Å². The molecule has 2 heterocycles. The number of nitrogens with zero attached hydrogens (tertiary/aromatic N) is 3. The van der Waals surface area contributed by atoms with Crippen molar-refractivity contribution >= 4 is 23.6 Å². The van der Waals surface area contributed by atoms with E-state index >= 15 is 0 Å². The van der Waals surface area contributed by atoms with Crippen molar-refractivity contribution in [1.29, 1.82) is 0 Å². The van der Waals surface area contributed by atoms with Gasteiger partial charge in [0.2, 0.25) is 5.91 Å². The summed E-state index contributed by atoms with van der Waals surface area (Å²) in [6, 6.07) is 11.1. The summed E-state index contributed by atoms with van der Waals surface area (Å²) in [6.45, 7) is 3.04. The first-order valence-corrected chi connectivity index (χ1v) is 9.81. The van der Waals surface area contributed by atoms with Gasteiger partial charge in [0, 0.05) is 12.7 Å². The molecule has 0 aliphatic heterocycles. The number of nitrogens with one attached hydrogen (secondary N) is 2. The minimum absolute atomic E-state index is 0.0529. The molecule has 0 spiro atoms. The summed E-state index contributed by atoms with van der Waals surface area (Å²) >= 11 is 1.22. The summed E-state index contributed by atoms with van der Waals surface area (Å²) in [5.41, 5.74) is 6.70. The number of ether oxygens (including phenoxy) is 1. The van der Waals surface area contributed by atoms with E-state index in [1.807, 2.05) is 35.8 Å². The van der Waals surface area contributed by atoms with Crippen LogP contribution in [0.1, 0.15) is 16.1 Å². The first-order valence-electron chi connectivity index (χ1n) is 8.83. The average molecular weight is 415 g/mol. The fraction of sp³-hybridized carbons (Fsp3) is 0.263. The zero-order valence-corrected chi connectivity index (χ0v) is 16.9. The van der Waals surface area contributed by atoms with Crippen molar-refractivity contribution in [2.45, 2.75) is 18.6 Å². The minimum atomic E-state index is -0.529. The van der Waals surface area contributed by atoms with Gasteiger partial charge in [-0.1, -0.05) is 35.5 Å². The zero-order chi connectivity index (χ0) is 20.6. The maximum absolute atomic E-state index is 12.1. The van der Waals surface area contributed by atoms with Gasteiger partial charge in [-0.3, -0.25) is 25.0 Å². The highest BCUT2D eigenvalue weighted by molar-refractivity contribution is 7.99. The largest absolute Gasteiger partial charge is 0.459 e. The minimum Gasteiger partial charge on any atom is -0.459 e. The van der Waals surface area contributed by atoms with E-state index in [9.17, 15) is 9.59 Å². The number of aromatic nitrogens is 3. The average Bonchev–Trinajstić information content (AvgIpc) is 3.39. The number of carbonyl (C=O) groups is 2. The van der Waals surface area contributed by atoms with E-state index in [0.29, 0.717) is 24.1 Å². The molecule has 0 unspecified atom stereocenters. The molecule has 0 bridgehead atoms. The van der Waals surface area contributed by atoms with Crippen LogP contribution in [0.3, 0.4) is 0 Å². The molecule has 0 saturated carbocycles. The Labute approximate surface area is 171 Å². The second-order valence-corrected chi connectivity index (χ2v) is 7.03. The van der Waals surface area contributed by atoms with Gasteiger partial charge in [-0.25, -0.2) is 0 Å². The van der Waals surface area contributed by atoms with E-state index in [1.54, 1.807) is 13.2 Å². The lowest BCUT2D eigenvalue weighted by molar-refractivity contribution is -0.119. The Morgan fingerprint density at radius 1 is 1.21 bits per heavy atom. The highest BCUT2D eigenvalue weighted by Gasteiger charge is 2.16. The van der Waals surface area contributed by atoms with Crippen LogP contribution in [0.4, 0.5) is 0 Å². The van der Waals surface area contributed by atoms with Crippen LogP contribution in [0.25, 0.3) is 11.4 Å². The quantitative estimate of drug-likeness (QED) is 0.428. The predicted octanol–water partition coefficient (Wildman–Crippen LogP) is 2.05.